The van der Waals surface area contributed by atoms with Gasteiger partial charge in [-0.2, -0.15) is 0 Å². The Bertz CT molecular complexity index is 418. The summed E-state index contributed by atoms with van der Waals surface area (Å²) in [5, 5.41) is 12.8. The standard InChI is InChI=1S/C16H25NO2/c1-15(2,3)13(18)11-17-14(19)16(4,5)12-9-7-6-8-10-12/h6-10,13,18H,11H2,1-5H3,(H,17,19). The molecule has 3 heteroatoms. The van der Waals surface area contributed by atoms with Gasteiger partial charge >= 0.3 is 0 Å². The van der Waals surface area contributed by atoms with E-state index in [0.717, 1.165) is 5.56 Å². The van der Waals surface area contributed by atoms with Gasteiger partial charge in [-0.15, -0.1) is 0 Å². The van der Waals surface area contributed by atoms with Gasteiger partial charge in [0.05, 0.1) is 11.5 Å². The van der Waals surface area contributed by atoms with E-state index in [1.54, 1.807) is 0 Å². The van der Waals surface area contributed by atoms with Gasteiger partial charge in [0.2, 0.25) is 5.91 Å². The van der Waals surface area contributed by atoms with E-state index in [1.807, 2.05) is 65.0 Å². The van der Waals surface area contributed by atoms with Crippen LogP contribution in [0.3, 0.4) is 0 Å². The van der Waals surface area contributed by atoms with Gasteiger partial charge in [0.15, 0.2) is 0 Å². The third-order valence-corrected chi connectivity index (χ3v) is 3.52. The second-order valence-electron chi connectivity index (χ2n) is 6.58. The van der Waals surface area contributed by atoms with Crippen LogP contribution in [0.4, 0.5) is 0 Å². The second-order valence-corrected chi connectivity index (χ2v) is 6.58. The molecule has 0 bridgehead atoms. The van der Waals surface area contributed by atoms with Crippen LogP contribution in [0.1, 0.15) is 40.2 Å². The van der Waals surface area contributed by atoms with E-state index in [9.17, 15) is 9.90 Å². The largest absolute Gasteiger partial charge is 0.391 e. The van der Waals surface area contributed by atoms with Gasteiger partial charge in [-0.3, -0.25) is 4.79 Å². The zero-order chi connectivity index (χ0) is 14.7. The number of nitrogens with one attached hydrogen (secondary N) is 1. The molecule has 1 atom stereocenters. The monoisotopic (exact) mass is 263 g/mol. The molecule has 0 aliphatic heterocycles. The van der Waals surface area contributed by atoms with Crippen molar-refractivity contribution in [3.8, 4) is 0 Å². The topological polar surface area (TPSA) is 49.3 Å². The maximum Gasteiger partial charge on any atom is 0.230 e. The molecule has 1 aromatic carbocycles. The van der Waals surface area contributed by atoms with Gasteiger partial charge < -0.3 is 10.4 Å². The van der Waals surface area contributed by atoms with Crippen molar-refractivity contribution in [1.29, 1.82) is 0 Å². The summed E-state index contributed by atoms with van der Waals surface area (Å²) in [6.07, 6.45) is -0.553. The molecule has 19 heavy (non-hydrogen) atoms. The summed E-state index contributed by atoms with van der Waals surface area (Å²) in [5.74, 6) is -0.0676. The van der Waals surface area contributed by atoms with E-state index in [2.05, 4.69) is 5.32 Å². The molecule has 0 radical (unpaired) electrons. The highest BCUT2D eigenvalue weighted by molar-refractivity contribution is 5.87. The summed E-state index contributed by atoms with van der Waals surface area (Å²) in [5.41, 5.74) is 0.140. The third kappa shape index (κ3) is 4.06. The van der Waals surface area contributed by atoms with Gasteiger partial charge in [0, 0.05) is 6.54 Å². The second kappa shape index (κ2) is 5.74. The van der Waals surface area contributed by atoms with Crippen LogP contribution in [0.15, 0.2) is 30.3 Å². The van der Waals surface area contributed by atoms with Crippen LogP contribution < -0.4 is 5.32 Å². The zero-order valence-corrected chi connectivity index (χ0v) is 12.5. The van der Waals surface area contributed by atoms with Gasteiger partial charge in [-0.05, 0) is 24.8 Å². The van der Waals surface area contributed by atoms with Crippen LogP contribution in [0.2, 0.25) is 0 Å². The van der Waals surface area contributed by atoms with E-state index in [1.165, 1.54) is 0 Å². The first-order valence-electron chi connectivity index (χ1n) is 6.67. The molecule has 1 unspecified atom stereocenters. The third-order valence-electron chi connectivity index (χ3n) is 3.52. The average molecular weight is 263 g/mol. The number of carbonyl (C=O) groups is 1. The van der Waals surface area contributed by atoms with Crippen LogP contribution in [-0.2, 0) is 10.2 Å². The molecule has 2 N–H and O–H groups in total. The smallest absolute Gasteiger partial charge is 0.230 e. The summed E-state index contributed by atoms with van der Waals surface area (Å²) in [6.45, 7) is 9.91. The SMILES string of the molecule is CC(C)(C(=O)NCC(O)C(C)(C)C)c1ccccc1. The Labute approximate surface area is 116 Å². The van der Waals surface area contributed by atoms with E-state index in [-0.39, 0.29) is 17.9 Å². The summed E-state index contributed by atoms with van der Waals surface area (Å²) < 4.78 is 0. The van der Waals surface area contributed by atoms with Crippen molar-refractivity contribution in [2.24, 2.45) is 5.41 Å². The molecule has 0 saturated heterocycles. The molecule has 1 amide bonds. The molecule has 0 aliphatic rings. The van der Waals surface area contributed by atoms with E-state index < -0.39 is 11.5 Å². The molecular weight excluding hydrogens is 238 g/mol. The molecule has 0 aromatic heterocycles. The van der Waals surface area contributed by atoms with Crippen LogP contribution in [0.25, 0.3) is 0 Å². The fourth-order valence-corrected chi connectivity index (χ4v) is 1.70. The number of aliphatic hydroxyl groups is 1. The number of hydrogen-bond acceptors (Lipinski definition) is 2. The molecular formula is C16H25NO2. The lowest BCUT2D eigenvalue weighted by molar-refractivity contribution is -0.126. The summed E-state index contributed by atoms with van der Waals surface area (Å²) >= 11 is 0. The Morgan fingerprint density at radius 1 is 1.16 bits per heavy atom. The molecule has 1 rings (SSSR count). The first-order chi connectivity index (χ1) is 8.65. The van der Waals surface area contributed by atoms with Crippen molar-refractivity contribution in [2.45, 2.75) is 46.1 Å². The lowest BCUT2D eigenvalue weighted by Crippen LogP contribution is -2.45. The summed E-state index contributed by atoms with van der Waals surface area (Å²) in [7, 11) is 0. The lowest BCUT2D eigenvalue weighted by atomic mass is 9.83. The minimum atomic E-state index is -0.598. The molecule has 3 nitrogen and oxygen atoms in total. The fourth-order valence-electron chi connectivity index (χ4n) is 1.70. The molecule has 0 heterocycles. The van der Waals surface area contributed by atoms with Gasteiger partial charge in [-0.1, -0.05) is 51.1 Å². The van der Waals surface area contributed by atoms with Crippen molar-refractivity contribution in [3.63, 3.8) is 0 Å². The quantitative estimate of drug-likeness (QED) is 0.877. The molecule has 106 valence electrons. The van der Waals surface area contributed by atoms with Crippen molar-refractivity contribution in [2.75, 3.05) is 6.54 Å². The first kappa shape index (κ1) is 15.7. The minimum Gasteiger partial charge on any atom is -0.391 e. The Morgan fingerprint density at radius 3 is 2.16 bits per heavy atom. The van der Waals surface area contributed by atoms with Gasteiger partial charge in [0.25, 0.3) is 0 Å². The Kier molecular flexibility index (Phi) is 4.75. The highest BCUT2D eigenvalue weighted by atomic mass is 16.3. The van der Waals surface area contributed by atoms with E-state index in [4.69, 9.17) is 0 Å². The van der Waals surface area contributed by atoms with Crippen molar-refractivity contribution >= 4 is 5.91 Å². The molecule has 0 spiro atoms. The number of hydrogen-bond donors (Lipinski definition) is 2. The lowest BCUT2D eigenvalue weighted by Gasteiger charge is -2.29. The number of rotatable bonds is 4. The molecule has 0 aliphatic carbocycles. The van der Waals surface area contributed by atoms with Crippen LogP contribution in [0, 0.1) is 5.41 Å². The molecule has 1 aromatic rings. The van der Waals surface area contributed by atoms with Crippen LogP contribution in [-0.4, -0.2) is 23.7 Å². The maximum atomic E-state index is 12.3. The molecule has 0 fully saturated rings. The van der Waals surface area contributed by atoms with E-state index in [0.29, 0.717) is 0 Å². The Balaban J connectivity index is 2.68. The first-order valence-corrected chi connectivity index (χ1v) is 6.67. The van der Waals surface area contributed by atoms with E-state index >= 15 is 0 Å². The highest BCUT2D eigenvalue weighted by Gasteiger charge is 2.31. The van der Waals surface area contributed by atoms with Gasteiger partial charge in [-0.25, -0.2) is 0 Å². The maximum absolute atomic E-state index is 12.3. The minimum absolute atomic E-state index is 0.0676. The highest BCUT2D eigenvalue weighted by Crippen LogP contribution is 2.23. The number of benzene rings is 1. The number of carbonyl (C=O) groups excluding carboxylic acids is 1. The molecule has 0 saturated carbocycles. The van der Waals surface area contributed by atoms with Crippen molar-refractivity contribution in [3.05, 3.63) is 35.9 Å². The summed E-state index contributed by atoms with van der Waals surface area (Å²) in [4.78, 5) is 12.3. The van der Waals surface area contributed by atoms with Crippen molar-refractivity contribution in [1.82, 2.24) is 5.32 Å². The number of aliphatic hydroxyl groups excluding tert-OH is 1. The Morgan fingerprint density at radius 2 is 1.68 bits per heavy atom. The summed E-state index contributed by atoms with van der Waals surface area (Å²) in [6, 6.07) is 9.67. The number of amides is 1. The van der Waals surface area contributed by atoms with Crippen LogP contribution >= 0.6 is 0 Å². The zero-order valence-electron chi connectivity index (χ0n) is 12.5. The van der Waals surface area contributed by atoms with Crippen LogP contribution in [0.5, 0.6) is 0 Å². The Hall–Kier alpha value is -1.35. The average Bonchev–Trinajstić information content (AvgIpc) is 2.35. The van der Waals surface area contributed by atoms with Crippen molar-refractivity contribution < 1.29 is 9.90 Å². The predicted molar refractivity (Wildman–Crippen MR) is 77.9 cm³/mol. The normalized spacial score (nSPS) is 14.0. The van der Waals surface area contributed by atoms with Gasteiger partial charge in [0.1, 0.15) is 0 Å². The fraction of sp³-hybridized carbons (Fsp3) is 0.562. The predicted octanol–water partition coefficient (Wildman–Crippen LogP) is 2.49.